The number of esters is 1. The van der Waals surface area contributed by atoms with Crippen molar-refractivity contribution in [3.05, 3.63) is 21.7 Å². The lowest BCUT2D eigenvalue weighted by atomic mass is 9.73. The van der Waals surface area contributed by atoms with Gasteiger partial charge in [-0.3, -0.25) is 9.59 Å². The zero-order valence-corrected chi connectivity index (χ0v) is 21.6. The Morgan fingerprint density at radius 2 is 1.91 bits per heavy atom. The smallest absolute Gasteiger partial charge is 0.309 e. The number of aliphatic hydroxyl groups is 2. The van der Waals surface area contributed by atoms with E-state index < -0.39 is 35.6 Å². The molecule has 190 valence electrons. The minimum atomic E-state index is -1.25. The van der Waals surface area contributed by atoms with Crippen LogP contribution in [0.25, 0.3) is 6.08 Å². The largest absolute Gasteiger partial charge is 0.458 e. The van der Waals surface area contributed by atoms with Gasteiger partial charge in [-0.1, -0.05) is 27.7 Å². The second kappa shape index (κ2) is 11.0. The summed E-state index contributed by atoms with van der Waals surface area (Å²) in [6, 6.07) is 0. The normalized spacial score (nSPS) is 36.0. The first-order valence-electron chi connectivity index (χ1n) is 11.8. The fraction of sp³-hybridized carbons (Fsp3) is 0.720. The number of thiazole rings is 1. The van der Waals surface area contributed by atoms with Crippen molar-refractivity contribution in [3.63, 3.8) is 0 Å². The number of nitrogens with zero attached hydrogens (tertiary/aromatic N) is 1. The molecule has 9 heteroatoms. The molecule has 2 saturated heterocycles. The molecule has 0 aliphatic carbocycles. The Kier molecular flexibility index (Phi) is 8.68. The van der Waals surface area contributed by atoms with Gasteiger partial charge in [0.05, 0.1) is 54.1 Å². The molecule has 0 spiro atoms. The van der Waals surface area contributed by atoms with Crippen LogP contribution in [0, 0.1) is 24.2 Å². The molecule has 0 aromatic carbocycles. The molecule has 8 nitrogen and oxygen atoms in total. The summed E-state index contributed by atoms with van der Waals surface area (Å²) in [7, 11) is 0. The number of aliphatic hydroxyl groups excluding tert-OH is 2. The lowest BCUT2D eigenvalue weighted by Gasteiger charge is -2.34. The number of ketones is 1. The summed E-state index contributed by atoms with van der Waals surface area (Å²) in [5.74, 6) is -1.91. The summed E-state index contributed by atoms with van der Waals surface area (Å²) in [5, 5.41) is 24.4. The van der Waals surface area contributed by atoms with E-state index in [1.54, 1.807) is 32.1 Å². The maximum absolute atomic E-state index is 13.1. The number of hydrogen-bond donors (Lipinski definition) is 2. The highest BCUT2D eigenvalue weighted by molar-refractivity contribution is 7.09. The van der Waals surface area contributed by atoms with Crippen LogP contribution < -0.4 is 0 Å². The summed E-state index contributed by atoms with van der Waals surface area (Å²) in [5.41, 5.74) is 0.387. The van der Waals surface area contributed by atoms with Crippen LogP contribution >= 0.6 is 11.3 Å². The number of aryl methyl sites for hydroxylation is 1. The molecule has 1 aromatic heterocycles. The van der Waals surface area contributed by atoms with Gasteiger partial charge in [0, 0.05) is 23.6 Å². The Bertz CT molecular complexity index is 911. The number of epoxide rings is 1. The number of hydrogen-bond acceptors (Lipinski definition) is 9. The van der Waals surface area contributed by atoms with Crippen LogP contribution in [-0.2, 0) is 23.8 Å². The van der Waals surface area contributed by atoms with Crippen molar-refractivity contribution < 1.29 is 34.0 Å². The quantitative estimate of drug-likeness (QED) is 0.475. The third-order valence-corrected chi connectivity index (χ3v) is 7.72. The SMILES string of the molecule is C/C(=C\c1csc(C)n1)[C@H]1C[C@@H]2O[C@@H]2COC[C@@H](C)[C@@H](O)[C@@H](C)C(=O)C(C)(C)[C@@H](O)CC(=O)O1. The van der Waals surface area contributed by atoms with Gasteiger partial charge in [-0.25, -0.2) is 4.98 Å². The molecule has 3 rings (SSSR count). The molecule has 0 amide bonds. The number of Topliss-reactive ketones (excluding diaryl/α,β-unsaturated/α-hetero) is 1. The fourth-order valence-corrected chi connectivity index (χ4v) is 4.90. The lowest BCUT2D eigenvalue weighted by Crippen LogP contribution is -2.46. The van der Waals surface area contributed by atoms with Crippen LogP contribution in [0.4, 0.5) is 0 Å². The molecule has 3 heterocycles. The van der Waals surface area contributed by atoms with Gasteiger partial charge in [-0.2, -0.15) is 0 Å². The first-order valence-corrected chi connectivity index (χ1v) is 12.7. The molecule has 0 saturated carbocycles. The van der Waals surface area contributed by atoms with Crippen LogP contribution in [0.15, 0.2) is 11.0 Å². The van der Waals surface area contributed by atoms with Gasteiger partial charge in [0.25, 0.3) is 0 Å². The van der Waals surface area contributed by atoms with Gasteiger partial charge >= 0.3 is 5.97 Å². The molecule has 34 heavy (non-hydrogen) atoms. The predicted octanol–water partition coefficient (Wildman–Crippen LogP) is 2.93. The number of fused-ring (bicyclic) bond motifs is 1. The molecule has 0 bridgehead atoms. The standard InChI is InChI=1S/C25H37NO7S/c1-13(7-17-12-34-16(4)26-17)18-8-19-20(32-19)11-31-10-14(2)23(29)15(3)24(30)25(5,6)21(27)9-22(28)33-18/h7,12,14-15,18-21,23,27,29H,8-11H2,1-6H3/b13-7+/t14-,15-,18-,19+,20-,21+,23-/m1/s1. The van der Waals surface area contributed by atoms with Crippen molar-refractivity contribution in [2.75, 3.05) is 13.2 Å². The summed E-state index contributed by atoms with van der Waals surface area (Å²) in [6.45, 7) is 11.1. The molecule has 2 N–H and O–H groups in total. The van der Waals surface area contributed by atoms with E-state index in [1.807, 2.05) is 32.2 Å². The summed E-state index contributed by atoms with van der Waals surface area (Å²) in [4.78, 5) is 30.4. The van der Waals surface area contributed by atoms with E-state index in [0.717, 1.165) is 16.3 Å². The maximum atomic E-state index is 13.1. The number of carbonyl (C=O) groups excluding carboxylic acids is 2. The van der Waals surface area contributed by atoms with Gasteiger partial charge in [-0.05, 0) is 25.5 Å². The summed E-state index contributed by atoms with van der Waals surface area (Å²) >= 11 is 1.54. The van der Waals surface area contributed by atoms with E-state index in [-0.39, 0.29) is 36.9 Å². The predicted molar refractivity (Wildman–Crippen MR) is 128 cm³/mol. The molecular weight excluding hydrogens is 458 g/mol. The average molecular weight is 496 g/mol. The van der Waals surface area contributed by atoms with Crippen LogP contribution in [0.2, 0.25) is 0 Å². The molecule has 2 aliphatic heterocycles. The van der Waals surface area contributed by atoms with Crippen LogP contribution in [-0.4, -0.2) is 70.7 Å². The maximum Gasteiger partial charge on any atom is 0.309 e. The monoisotopic (exact) mass is 495 g/mol. The molecule has 0 radical (unpaired) electrons. The zero-order valence-electron chi connectivity index (χ0n) is 20.8. The lowest BCUT2D eigenvalue weighted by molar-refractivity contribution is -0.154. The summed E-state index contributed by atoms with van der Waals surface area (Å²) in [6.07, 6.45) is -0.942. The first kappa shape index (κ1) is 26.9. The number of ether oxygens (including phenoxy) is 3. The van der Waals surface area contributed by atoms with Crippen LogP contribution in [0.3, 0.4) is 0 Å². The van der Waals surface area contributed by atoms with Gasteiger partial charge in [0.2, 0.25) is 0 Å². The Hall–Kier alpha value is -1.65. The number of cyclic esters (lactones) is 1. The van der Waals surface area contributed by atoms with Crippen molar-refractivity contribution in [3.8, 4) is 0 Å². The van der Waals surface area contributed by atoms with Gasteiger partial charge in [-0.15, -0.1) is 11.3 Å². The number of carbonyl (C=O) groups is 2. The topological polar surface area (TPSA) is 118 Å². The van der Waals surface area contributed by atoms with Crippen molar-refractivity contribution in [2.24, 2.45) is 17.3 Å². The Morgan fingerprint density at radius 1 is 1.21 bits per heavy atom. The summed E-state index contributed by atoms with van der Waals surface area (Å²) < 4.78 is 17.3. The van der Waals surface area contributed by atoms with E-state index in [0.29, 0.717) is 13.0 Å². The molecule has 2 fully saturated rings. The molecule has 1 aromatic rings. The van der Waals surface area contributed by atoms with Gasteiger partial charge in [0.1, 0.15) is 18.0 Å². The number of aromatic nitrogens is 1. The van der Waals surface area contributed by atoms with E-state index in [1.165, 1.54) is 0 Å². The third kappa shape index (κ3) is 6.51. The minimum absolute atomic E-state index is 0.114. The van der Waals surface area contributed by atoms with E-state index >= 15 is 0 Å². The average Bonchev–Trinajstić information content (AvgIpc) is 3.38. The highest BCUT2D eigenvalue weighted by Crippen LogP contribution is 2.34. The first-order chi connectivity index (χ1) is 15.9. The Morgan fingerprint density at radius 3 is 2.56 bits per heavy atom. The highest BCUT2D eigenvalue weighted by Gasteiger charge is 2.44. The second-order valence-corrected chi connectivity index (χ2v) is 11.3. The Balaban J connectivity index is 1.81. The minimum Gasteiger partial charge on any atom is -0.458 e. The van der Waals surface area contributed by atoms with Crippen molar-refractivity contribution >= 4 is 29.2 Å². The van der Waals surface area contributed by atoms with Crippen molar-refractivity contribution in [1.29, 1.82) is 0 Å². The number of rotatable bonds is 2. The fourth-order valence-electron chi connectivity index (χ4n) is 4.33. The zero-order chi connectivity index (χ0) is 25.2. The molecule has 0 unspecified atom stereocenters. The molecule has 2 aliphatic rings. The highest BCUT2D eigenvalue weighted by atomic mass is 32.1. The third-order valence-electron chi connectivity index (χ3n) is 6.93. The van der Waals surface area contributed by atoms with Gasteiger partial charge in [0.15, 0.2) is 0 Å². The van der Waals surface area contributed by atoms with Crippen LogP contribution in [0.1, 0.15) is 58.2 Å². The van der Waals surface area contributed by atoms with E-state index in [2.05, 4.69) is 4.98 Å². The van der Waals surface area contributed by atoms with E-state index in [9.17, 15) is 19.8 Å². The van der Waals surface area contributed by atoms with E-state index in [4.69, 9.17) is 14.2 Å². The van der Waals surface area contributed by atoms with Crippen molar-refractivity contribution in [1.82, 2.24) is 4.98 Å². The van der Waals surface area contributed by atoms with Crippen molar-refractivity contribution in [2.45, 2.75) is 84.9 Å². The molecule has 7 atom stereocenters. The van der Waals surface area contributed by atoms with Gasteiger partial charge < -0.3 is 24.4 Å². The Labute approximate surface area is 205 Å². The second-order valence-electron chi connectivity index (χ2n) is 10.2. The molecular formula is C25H37NO7S. The van der Waals surface area contributed by atoms with Crippen LogP contribution in [0.5, 0.6) is 0 Å².